The highest BCUT2D eigenvalue weighted by Gasteiger charge is 2.21. The van der Waals surface area contributed by atoms with Gasteiger partial charge in [-0.3, -0.25) is 9.59 Å². The molecule has 0 N–H and O–H groups in total. The molecule has 0 radical (unpaired) electrons. The Hall–Kier alpha value is -1.78. The van der Waals surface area contributed by atoms with E-state index >= 15 is 0 Å². The van der Waals surface area contributed by atoms with Crippen LogP contribution in [-0.4, -0.2) is 48.3 Å². The van der Waals surface area contributed by atoms with Gasteiger partial charge in [0.15, 0.2) is 5.76 Å². The smallest absolute Gasteiger partial charge is 0.290 e. The van der Waals surface area contributed by atoms with Crippen molar-refractivity contribution < 1.29 is 14.0 Å². The molecule has 5 nitrogen and oxygen atoms in total. The first-order valence-corrected chi connectivity index (χ1v) is 6.08. The molecule has 0 aliphatic carbocycles. The monoisotopic (exact) mass is 252 g/mol. The van der Waals surface area contributed by atoms with Crippen molar-refractivity contribution in [1.82, 2.24) is 9.80 Å². The molecule has 1 aromatic rings. The zero-order valence-corrected chi connectivity index (χ0v) is 11.4. The van der Waals surface area contributed by atoms with Gasteiger partial charge in [0.05, 0.1) is 12.8 Å². The fourth-order valence-electron chi connectivity index (χ4n) is 1.72. The zero-order chi connectivity index (χ0) is 13.7. The molecule has 0 saturated carbocycles. The summed E-state index contributed by atoms with van der Waals surface area (Å²) in [4.78, 5) is 27.0. The van der Waals surface area contributed by atoms with E-state index in [2.05, 4.69) is 0 Å². The molecule has 0 fully saturated rings. The summed E-state index contributed by atoms with van der Waals surface area (Å²) in [7, 11) is 1.60. The second kappa shape index (κ2) is 6.23. The Labute approximate surface area is 107 Å². The highest BCUT2D eigenvalue weighted by Crippen LogP contribution is 2.11. The zero-order valence-electron chi connectivity index (χ0n) is 11.4. The molecule has 1 rings (SSSR count). The number of furan rings is 1. The topological polar surface area (TPSA) is 53.8 Å². The Kier molecular flexibility index (Phi) is 4.95. The maximum absolute atomic E-state index is 12.0. The van der Waals surface area contributed by atoms with Crippen LogP contribution in [0.4, 0.5) is 0 Å². The SMILES string of the molecule is CCN(CC)C(=O)CN(C)C(=O)c1occc1C. The Bertz CT molecular complexity index is 422. The third kappa shape index (κ3) is 3.12. The first-order valence-electron chi connectivity index (χ1n) is 6.08. The Morgan fingerprint density at radius 1 is 1.28 bits per heavy atom. The minimum atomic E-state index is -0.266. The molecule has 1 heterocycles. The molecule has 1 aromatic heterocycles. The average molecular weight is 252 g/mol. The van der Waals surface area contributed by atoms with E-state index in [0.29, 0.717) is 18.8 Å². The van der Waals surface area contributed by atoms with Crippen molar-refractivity contribution in [1.29, 1.82) is 0 Å². The van der Waals surface area contributed by atoms with Gasteiger partial charge in [-0.25, -0.2) is 0 Å². The standard InChI is InChI=1S/C13H20N2O3/c1-5-15(6-2)11(16)9-14(4)13(17)12-10(3)7-8-18-12/h7-8H,5-6,9H2,1-4H3. The molecule has 0 aromatic carbocycles. The van der Waals surface area contributed by atoms with Gasteiger partial charge in [0.2, 0.25) is 5.91 Å². The first kappa shape index (κ1) is 14.3. The minimum Gasteiger partial charge on any atom is -0.459 e. The number of amides is 2. The van der Waals surface area contributed by atoms with Crippen LogP contribution in [0.15, 0.2) is 16.7 Å². The molecular weight excluding hydrogens is 232 g/mol. The van der Waals surface area contributed by atoms with Gasteiger partial charge in [0.1, 0.15) is 0 Å². The summed E-state index contributed by atoms with van der Waals surface area (Å²) in [5, 5.41) is 0. The lowest BCUT2D eigenvalue weighted by molar-refractivity contribution is -0.131. The fraction of sp³-hybridized carbons (Fsp3) is 0.538. The molecule has 2 amide bonds. The van der Waals surface area contributed by atoms with Gasteiger partial charge in [0.25, 0.3) is 5.91 Å². The van der Waals surface area contributed by atoms with Crippen LogP contribution >= 0.6 is 0 Å². The highest BCUT2D eigenvalue weighted by molar-refractivity contribution is 5.95. The summed E-state index contributed by atoms with van der Waals surface area (Å²) in [5.74, 6) is -0.0251. The third-order valence-corrected chi connectivity index (χ3v) is 2.89. The number of carbonyl (C=O) groups excluding carboxylic acids is 2. The molecule has 0 bridgehead atoms. The molecule has 0 aliphatic heterocycles. The first-order chi connectivity index (χ1) is 8.51. The minimum absolute atomic E-state index is 0.0555. The average Bonchev–Trinajstić information content (AvgIpc) is 2.76. The molecule has 100 valence electrons. The maximum atomic E-state index is 12.0. The fourth-order valence-corrected chi connectivity index (χ4v) is 1.72. The van der Waals surface area contributed by atoms with Crippen LogP contribution in [0.25, 0.3) is 0 Å². The Balaban J connectivity index is 2.66. The number of aryl methyl sites for hydroxylation is 1. The summed E-state index contributed by atoms with van der Waals surface area (Å²) >= 11 is 0. The number of carbonyl (C=O) groups is 2. The van der Waals surface area contributed by atoms with E-state index in [1.807, 2.05) is 13.8 Å². The van der Waals surface area contributed by atoms with Crippen LogP contribution in [0, 0.1) is 6.92 Å². The van der Waals surface area contributed by atoms with Gasteiger partial charge >= 0.3 is 0 Å². The number of hydrogen-bond donors (Lipinski definition) is 0. The van der Waals surface area contributed by atoms with Crippen molar-refractivity contribution in [2.24, 2.45) is 0 Å². The number of likely N-dealkylation sites (N-methyl/N-ethyl adjacent to an activating group) is 2. The van der Waals surface area contributed by atoms with Crippen LogP contribution in [-0.2, 0) is 4.79 Å². The molecule has 0 spiro atoms. The largest absolute Gasteiger partial charge is 0.459 e. The predicted octanol–water partition coefficient (Wildman–Crippen LogP) is 1.53. The van der Waals surface area contributed by atoms with Crippen molar-refractivity contribution in [3.8, 4) is 0 Å². The summed E-state index contributed by atoms with van der Waals surface area (Å²) < 4.78 is 5.13. The summed E-state index contributed by atoms with van der Waals surface area (Å²) in [6, 6.07) is 1.73. The maximum Gasteiger partial charge on any atom is 0.290 e. The summed E-state index contributed by atoms with van der Waals surface area (Å²) in [6.07, 6.45) is 1.47. The van der Waals surface area contributed by atoms with E-state index in [-0.39, 0.29) is 18.4 Å². The molecule has 0 saturated heterocycles. The van der Waals surface area contributed by atoms with E-state index in [1.54, 1.807) is 24.9 Å². The van der Waals surface area contributed by atoms with Gasteiger partial charge in [0, 0.05) is 25.7 Å². The van der Waals surface area contributed by atoms with Crippen molar-refractivity contribution >= 4 is 11.8 Å². The van der Waals surface area contributed by atoms with E-state index < -0.39 is 0 Å². The lowest BCUT2D eigenvalue weighted by Gasteiger charge is -2.22. The molecular formula is C13H20N2O3. The highest BCUT2D eigenvalue weighted by atomic mass is 16.3. The molecule has 5 heteroatoms. The van der Waals surface area contributed by atoms with Crippen molar-refractivity contribution in [3.05, 3.63) is 23.7 Å². The van der Waals surface area contributed by atoms with Crippen LogP contribution < -0.4 is 0 Å². The lowest BCUT2D eigenvalue weighted by atomic mass is 10.2. The second-order valence-electron chi connectivity index (χ2n) is 4.16. The molecule has 18 heavy (non-hydrogen) atoms. The second-order valence-corrected chi connectivity index (χ2v) is 4.16. The van der Waals surface area contributed by atoms with Gasteiger partial charge in [-0.15, -0.1) is 0 Å². The van der Waals surface area contributed by atoms with E-state index in [0.717, 1.165) is 5.56 Å². The summed E-state index contributed by atoms with van der Waals surface area (Å²) in [6.45, 7) is 7.01. The normalized spacial score (nSPS) is 10.2. The molecule has 0 atom stereocenters. The van der Waals surface area contributed by atoms with Crippen LogP contribution in [0.3, 0.4) is 0 Å². The van der Waals surface area contributed by atoms with Crippen LogP contribution in [0.1, 0.15) is 30.0 Å². The van der Waals surface area contributed by atoms with Gasteiger partial charge in [-0.2, -0.15) is 0 Å². The van der Waals surface area contributed by atoms with E-state index in [9.17, 15) is 9.59 Å². The van der Waals surface area contributed by atoms with Gasteiger partial charge in [-0.1, -0.05) is 0 Å². The van der Waals surface area contributed by atoms with Crippen molar-refractivity contribution in [3.63, 3.8) is 0 Å². The summed E-state index contributed by atoms with van der Waals surface area (Å²) in [5.41, 5.74) is 0.780. The Morgan fingerprint density at radius 3 is 2.33 bits per heavy atom. The van der Waals surface area contributed by atoms with Gasteiger partial charge < -0.3 is 14.2 Å². The van der Waals surface area contributed by atoms with E-state index in [1.165, 1.54) is 11.2 Å². The van der Waals surface area contributed by atoms with Crippen molar-refractivity contribution in [2.75, 3.05) is 26.7 Å². The molecule has 0 unspecified atom stereocenters. The lowest BCUT2D eigenvalue weighted by Crippen LogP contribution is -2.41. The quantitative estimate of drug-likeness (QED) is 0.798. The Morgan fingerprint density at radius 2 is 1.89 bits per heavy atom. The number of rotatable bonds is 5. The molecule has 0 aliphatic rings. The third-order valence-electron chi connectivity index (χ3n) is 2.89. The van der Waals surface area contributed by atoms with Gasteiger partial charge in [-0.05, 0) is 26.8 Å². The van der Waals surface area contributed by atoms with Crippen LogP contribution in [0.5, 0.6) is 0 Å². The number of hydrogen-bond acceptors (Lipinski definition) is 3. The number of nitrogens with zero attached hydrogens (tertiary/aromatic N) is 2. The van der Waals surface area contributed by atoms with E-state index in [4.69, 9.17) is 4.42 Å². The van der Waals surface area contributed by atoms with Crippen LogP contribution in [0.2, 0.25) is 0 Å². The van der Waals surface area contributed by atoms with Crippen molar-refractivity contribution in [2.45, 2.75) is 20.8 Å². The predicted molar refractivity (Wildman–Crippen MR) is 68.3 cm³/mol.